The average Bonchev–Trinajstić information content (AvgIpc) is 3.02. The summed E-state index contributed by atoms with van der Waals surface area (Å²) in [7, 11) is 1.19. The van der Waals surface area contributed by atoms with Gasteiger partial charge in [-0.05, 0) is 43.4 Å². The van der Waals surface area contributed by atoms with Gasteiger partial charge in [-0.2, -0.15) is 0 Å². The Morgan fingerprint density at radius 3 is 2.50 bits per heavy atom. The number of hydrogen-bond acceptors (Lipinski definition) is 3. The van der Waals surface area contributed by atoms with Crippen molar-refractivity contribution in [3.05, 3.63) is 35.7 Å². The molecule has 0 aromatic heterocycles. The molecular weight excluding hydrogens is 311 g/mol. The maximum Gasteiger partial charge on any atom is 0.411 e. The van der Waals surface area contributed by atoms with Gasteiger partial charge < -0.3 is 10.1 Å². The van der Waals surface area contributed by atoms with Crippen LogP contribution in [0.1, 0.15) is 27.7 Å². The van der Waals surface area contributed by atoms with E-state index >= 15 is 0 Å². The number of carbonyl (C=O) groups is 2. The molecule has 1 aromatic carbocycles. The molecule has 0 bridgehead atoms. The Morgan fingerprint density at radius 2 is 1.92 bits per heavy atom. The molecule has 1 aromatic rings. The molecule has 0 heterocycles. The molecular formula is C18H23FN2O3. The number of benzene rings is 1. The molecule has 2 amide bonds. The van der Waals surface area contributed by atoms with Crippen molar-refractivity contribution < 1.29 is 18.7 Å². The lowest BCUT2D eigenvalue weighted by Gasteiger charge is -2.10. The van der Waals surface area contributed by atoms with Gasteiger partial charge in [0.15, 0.2) is 0 Å². The highest BCUT2D eigenvalue weighted by molar-refractivity contribution is 5.96. The summed E-state index contributed by atoms with van der Waals surface area (Å²) >= 11 is 0. The van der Waals surface area contributed by atoms with Gasteiger partial charge in [-0.15, -0.1) is 0 Å². The molecule has 0 radical (unpaired) electrons. The van der Waals surface area contributed by atoms with Gasteiger partial charge in [0.2, 0.25) is 5.91 Å². The molecule has 0 spiro atoms. The van der Waals surface area contributed by atoms with Gasteiger partial charge in [0, 0.05) is 5.69 Å². The Morgan fingerprint density at radius 1 is 1.25 bits per heavy atom. The Hall–Kier alpha value is -2.37. The number of anilines is 2. The minimum absolute atomic E-state index is 0.0458. The summed E-state index contributed by atoms with van der Waals surface area (Å²) in [6.45, 7) is 8.12. The van der Waals surface area contributed by atoms with Crippen LogP contribution in [-0.2, 0) is 9.53 Å². The smallest absolute Gasteiger partial charge is 0.411 e. The van der Waals surface area contributed by atoms with Crippen LogP contribution in [0, 0.1) is 23.1 Å². The lowest BCUT2D eigenvalue weighted by molar-refractivity contribution is -0.118. The first-order valence-corrected chi connectivity index (χ1v) is 7.77. The van der Waals surface area contributed by atoms with Crippen molar-refractivity contribution in [2.75, 3.05) is 17.7 Å². The van der Waals surface area contributed by atoms with Crippen LogP contribution in [0.15, 0.2) is 29.8 Å². The second-order valence-electron chi connectivity index (χ2n) is 6.87. The Kier molecular flexibility index (Phi) is 4.96. The minimum Gasteiger partial charge on any atom is -0.453 e. The van der Waals surface area contributed by atoms with Crippen LogP contribution in [0.25, 0.3) is 0 Å². The number of hydrogen-bond donors (Lipinski definition) is 2. The standard InChI is InChI=1S/C18H23FN2O3/c1-10(2)8-12-15(18(12,3)4)16(22)20-11-6-7-13(19)14(9-11)21-17(23)24-5/h6-9,12,15H,1-5H3,(H,20,22)(H,21,23). The van der Waals surface area contributed by atoms with Gasteiger partial charge >= 0.3 is 6.09 Å². The van der Waals surface area contributed by atoms with E-state index in [-0.39, 0.29) is 28.8 Å². The van der Waals surface area contributed by atoms with Crippen molar-refractivity contribution in [3.63, 3.8) is 0 Å². The van der Waals surface area contributed by atoms with E-state index < -0.39 is 11.9 Å². The molecule has 2 unspecified atom stereocenters. The van der Waals surface area contributed by atoms with Gasteiger partial charge in [-0.1, -0.05) is 25.5 Å². The summed E-state index contributed by atoms with van der Waals surface area (Å²) in [6, 6.07) is 4.02. The Balaban J connectivity index is 2.11. The molecule has 24 heavy (non-hydrogen) atoms. The van der Waals surface area contributed by atoms with E-state index in [9.17, 15) is 14.0 Å². The van der Waals surface area contributed by atoms with Gasteiger partial charge in [0.05, 0.1) is 18.7 Å². The first-order chi connectivity index (χ1) is 11.2. The monoisotopic (exact) mass is 334 g/mol. The molecule has 1 fully saturated rings. The van der Waals surface area contributed by atoms with Crippen molar-refractivity contribution in [3.8, 4) is 0 Å². The summed E-state index contributed by atoms with van der Waals surface area (Å²) in [5, 5.41) is 5.07. The highest BCUT2D eigenvalue weighted by atomic mass is 19.1. The van der Waals surface area contributed by atoms with Crippen molar-refractivity contribution in [2.24, 2.45) is 17.3 Å². The summed E-state index contributed by atoms with van der Waals surface area (Å²) in [5.41, 5.74) is 1.45. The largest absolute Gasteiger partial charge is 0.453 e. The number of ether oxygens (including phenoxy) is 1. The fourth-order valence-corrected chi connectivity index (χ4v) is 2.93. The molecule has 6 heteroatoms. The van der Waals surface area contributed by atoms with E-state index in [4.69, 9.17) is 0 Å². The fourth-order valence-electron chi connectivity index (χ4n) is 2.93. The first-order valence-electron chi connectivity index (χ1n) is 7.77. The number of rotatable bonds is 4. The van der Waals surface area contributed by atoms with Crippen LogP contribution in [-0.4, -0.2) is 19.1 Å². The lowest BCUT2D eigenvalue weighted by atomic mass is 10.1. The lowest BCUT2D eigenvalue weighted by Crippen LogP contribution is -2.17. The third-order valence-corrected chi connectivity index (χ3v) is 4.36. The van der Waals surface area contributed by atoms with Gasteiger partial charge in [0.1, 0.15) is 5.82 Å². The number of amides is 2. The SMILES string of the molecule is COC(=O)Nc1cc(NC(=O)C2C(C=C(C)C)C2(C)C)ccc1F. The highest BCUT2D eigenvalue weighted by Crippen LogP contribution is 2.59. The van der Waals surface area contributed by atoms with Gasteiger partial charge in [-0.3, -0.25) is 10.1 Å². The van der Waals surface area contributed by atoms with Crippen LogP contribution in [0.3, 0.4) is 0 Å². The average molecular weight is 334 g/mol. The highest BCUT2D eigenvalue weighted by Gasteiger charge is 2.60. The molecule has 5 nitrogen and oxygen atoms in total. The minimum atomic E-state index is -0.774. The van der Waals surface area contributed by atoms with Crippen LogP contribution >= 0.6 is 0 Å². The number of allylic oxidation sites excluding steroid dienone is 2. The second-order valence-corrected chi connectivity index (χ2v) is 6.87. The topological polar surface area (TPSA) is 67.4 Å². The predicted molar refractivity (Wildman–Crippen MR) is 91.2 cm³/mol. The van der Waals surface area contributed by atoms with Crippen molar-refractivity contribution in [1.29, 1.82) is 0 Å². The fraction of sp³-hybridized carbons (Fsp3) is 0.444. The molecule has 2 N–H and O–H groups in total. The molecule has 1 aliphatic carbocycles. The maximum atomic E-state index is 13.7. The molecule has 2 atom stereocenters. The Bertz CT molecular complexity index is 694. The molecule has 130 valence electrons. The zero-order valence-electron chi connectivity index (χ0n) is 14.6. The number of carbonyl (C=O) groups excluding carboxylic acids is 2. The van der Waals surface area contributed by atoms with E-state index in [0.29, 0.717) is 5.69 Å². The van der Waals surface area contributed by atoms with Crippen LogP contribution in [0.4, 0.5) is 20.6 Å². The third-order valence-electron chi connectivity index (χ3n) is 4.36. The third kappa shape index (κ3) is 3.75. The van der Waals surface area contributed by atoms with E-state index in [1.54, 1.807) is 0 Å². The molecule has 1 saturated carbocycles. The zero-order valence-corrected chi connectivity index (χ0v) is 14.6. The molecule has 0 saturated heterocycles. The number of halogens is 1. The zero-order chi connectivity index (χ0) is 18.1. The predicted octanol–water partition coefficient (Wildman–Crippen LogP) is 4.18. The van der Waals surface area contributed by atoms with E-state index in [0.717, 1.165) is 0 Å². The molecule has 2 rings (SSSR count). The van der Waals surface area contributed by atoms with E-state index in [2.05, 4.69) is 35.3 Å². The van der Waals surface area contributed by atoms with Crippen LogP contribution < -0.4 is 10.6 Å². The van der Waals surface area contributed by atoms with Gasteiger partial charge in [0.25, 0.3) is 0 Å². The summed E-state index contributed by atoms with van der Waals surface area (Å²) in [5.74, 6) is -0.657. The van der Waals surface area contributed by atoms with Crippen LogP contribution in [0.5, 0.6) is 0 Å². The van der Waals surface area contributed by atoms with Crippen molar-refractivity contribution >= 4 is 23.4 Å². The van der Waals surface area contributed by atoms with Crippen molar-refractivity contribution in [1.82, 2.24) is 0 Å². The molecule has 0 aliphatic heterocycles. The Labute approximate surface area is 141 Å². The maximum absolute atomic E-state index is 13.7. The quantitative estimate of drug-likeness (QED) is 0.812. The van der Waals surface area contributed by atoms with Gasteiger partial charge in [-0.25, -0.2) is 9.18 Å². The summed E-state index contributed by atoms with van der Waals surface area (Å²) in [6.07, 6.45) is 1.34. The first kappa shape index (κ1) is 18.0. The van der Waals surface area contributed by atoms with Crippen LogP contribution in [0.2, 0.25) is 0 Å². The second kappa shape index (κ2) is 6.63. The normalized spacial score (nSPS) is 20.8. The number of nitrogens with one attached hydrogen (secondary N) is 2. The number of methoxy groups -OCH3 is 1. The summed E-state index contributed by atoms with van der Waals surface area (Å²) < 4.78 is 18.2. The summed E-state index contributed by atoms with van der Waals surface area (Å²) in [4.78, 5) is 23.7. The van der Waals surface area contributed by atoms with E-state index in [1.165, 1.54) is 30.9 Å². The van der Waals surface area contributed by atoms with Crippen molar-refractivity contribution in [2.45, 2.75) is 27.7 Å². The van der Waals surface area contributed by atoms with E-state index in [1.807, 2.05) is 13.8 Å². The molecule has 1 aliphatic rings.